The molecule has 27 heteroatoms. The van der Waals surface area contributed by atoms with Crippen LogP contribution < -0.4 is 37.0 Å². The minimum Gasteiger partial charge on any atom is -0.481 e. The van der Waals surface area contributed by atoms with E-state index in [0.29, 0.717) is 40.7 Å². The molecule has 5 unspecified atom stereocenters. The number of carbonyl (C=O) groups excluding carboxylic acids is 6. The molecule has 70 heavy (non-hydrogen) atoms. The number of aliphatic carboxylic acids is 3. The van der Waals surface area contributed by atoms with Gasteiger partial charge in [-0.2, -0.15) is 17.9 Å². The van der Waals surface area contributed by atoms with Crippen LogP contribution in [0.5, 0.6) is 0 Å². The summed E-state index contributed by atoms with van der Waals surface area (Å²) in [5.74, 6) is -12.4. The van der Waals surface area contributed by atoms with E-state index in [0.717, 1.165) is 12.1 Å². The average molecular weight is 1010 g/mol. The van der Waals surface area contributed by atoms with Gasteiger partial charge < -0.3 is 52.6 Å². The van der Waals surface area contributed by atoms with E-state index in [1.54, 1.807) is 35.2 Å². The number of fused-ring (bicyclic) bond motifs is 1. The number of hydrogen-bond acceptors (Lipinski definition) is 11. The molecule has 0 aliphatic heterocycles. The number of alkyl halides is 3. The van der Waals surface area contributed by atoms with Gasteiger partial charge in [0.2, 0.25) is 45.5 Å². The van der Waals surface area contributed by atoms with Crippen LogP contribution in [0.1, 0.15) is 48.8 Å². The first-order chi connectivity index (χ1) is 32.8. The molecule has 5 atom stereocenters. The zero-order valence-corrected chi connectivity index (χ0v) is 37.2. The fourth-order valence-corrected chi connectivity index (χ4v) is 7.92. The third-order valence-corrected chi connectivity index (χ3v) is 11.7. The lowest BCUT2D eigenvalue weighted by molar-refractivity contribution is -0.140. The monoisotopic (exact) mass is 1010 g/mol. The molecule has 4 aromatic rings. The lowest BCUT2D eigenvalue weighted by Crippen LogP contribution is -2.58. The van der Waals surface area contributed by atoms with Crippen LogP contribution in [0.25, 0.3) is 10.9 Å². The first-order valence-corrected chi connectivity index (χ1v) is 22.2. The van der Waals surface area contributed by atoms with Crippen molar-refractivity contribution in [3.05, 3.63) is 102 Å². The van der Waals surface area contributed by atoms with Crippen LogP contribution in [0, 0.1) is 5.82 Å². The molecule has 376 valence electrons. The van der Waals surface area contributed by atoms with Crippen LogP contribution in [0.3, 0.4) is 0 Å². The number of sulfonamides is 1. The maximum Gasteiger partial charge on any atom is 0.416 e. The van der Waals surface area contributed by atoms with Gasteiger partial charge in [0.05, 0.1) is 23.4 Å². The molecule has 6 amide bonds. The third-order valence-electron chi connectivity index (χ3n) is 10.2. The van der Waals surface area contributed by atoms with Crippen LogP contribution in [-0.2, 0) is 72.2 Å². The van der Waals surface area contributed by atoms with Gasteiger partial charge in [-0.05, 0) is 66.4 Å². The van der Waals surface area contributed by atoms with Crippen molar-refractivity contribution in [3.8, 4) is 0 Å². The van der Waals surface area contributed by atoms with Crippen molar-refractivity contribution in [3.63, 3.8) is 0 Å². The molecular weight excluding hydrogens is 961 g/mol. The first kappa shape index (κ1) is 54.7. The van der Waals surface area contributed by atoms with Crippen LogP contribution in [0.15, 0.2) is 83.9 Å². The van der Waals surface area contributed by atoms with E-state index in [4.69, 9.17) is 10.8 Å². The van der Waals surface area contributed by atoms with E-state index in [1.807, 2.05) is 5.32 Å². The largest absolute Gasteiger partial charge is 0.481 e. The Morgan fingerprint density at radius 2 is 1.23 bits per heavy atom. The average Bonchev–Trinajstić information content (AvgIpc) is 3.69. The fourth-order valence-electron chi connectivity index (χ4n) is 6.72. The number of aromatic nitrogens is 1. The molecule has 22 nitrogen and oxygen atoms in total. The van der Waals surface area contributed by atoms with Crippen LogP contribution in [-0.4, -0.2) is 119 Å². The van der Waals surface area contributed by atoms with Crippen molar-refractivity contribution in [2.24, 2.45) is 5.73 Å². The van der Waals surface area contributed by atoms with Crippen LogP contribution in [0.4, 0.5) is 17.6 Å². The number of nitrogens with two attached hydrogens (primary N) is 1. The molecule has 4 rings (SSSR count). The number of benzene rings is 3. The third kappa shape index (κ3) is 16.7. The maximum absolute atomic E-state index is 14.3. The summed E-state index contributed by atoms with van der Waals surface area (Å²) in [5, 5.41) is 39.8. The molecule has 1 heterocycles. The SMILES string of the molecule is NC(=O)C(CCC(=O)O)NC(=O)C(Cc1c[nH]c2ccccc12)NC(=O)C(Cc1cccc(F)c1)NC(=O)CNC(=O)C(CCC(=O)O)NC(=O)C(CC(=O)O)NS(=O)(=O)c1ccc(C(F)(F)F)cc1. The quantitative estimate of drug-likeness (QED) is 0.0375. The number of carboxylic acid groups (broad SMARTS) is 3. The van der Waals surface area contributed by atoms with Gasteiger partial charge >= 0.3 is 24.1 Å². The van der Waals surface area contributed by atoms with E-state index >= 15 is 0 Å². The van der Waals surface area contributed by atoms with E-state index in [2.05, 4.69) is 26.3 Å². The van der Waals surface area contributed by atoms with E-state index in [-0.39, 0.29) is 12.0 Å². The van der Waals surface area contributed by atoms with Gasteiger partial charge in [0.25, 0.3) is 0 Å². The minimum atomic E-state index is -4.91. The second kappa shape index (κ2) is 24.4. The predicted octanol–water partition coefficient (Wildman–Crippen LogP) is 0.203. The molecule has 3 aromatic carbocycles. The van der Waals surface area contributed by atoms with Gasteiger partial charge in [-0.25, -0.2) is 12.8 Å². The molecule has 0 radical (unpaired) electrons. The molecular formula is C43H46F4N8O14S. The summed E-state index contributed by atoms with van der Waals surface area (Å²) in [5.41, 5.74) is 5.47. The van der Waals surface area contributed by atoms with E-state index in [1.165, 1.54) is 12.1 Å². The Labute approximate surface area is 394 Å². The molecule has 0 fully saturated rings. The van der Waals surface area contributed by atoms with Gasteiger partial charge in [-0.15, -0.1) is 0 Å². The smallest absolute Gasteiger partial charge is 0.416 e. The summed E-state index contributed by atoms with van der Waals surface area (Å²) in [7, 11) is -4.91. The molecule has 0 aliphatic rings. The number of carboxylic acids is 3. The summed E-state index contributed by atoms with van der Waals surface area (Å²) >= 11 is 0. The van der Waals surface area contributed by atoms with Crippen LogP contribution in [0.2, 0.25) is 0 Å². The number of rotatable bonds is 26. The second-order valence-corrected chi connectivity index (χ2v) is 17.2. The number of primary amides is 1. The standard InChI is InChI=1S/C43H46F4N8O14S/c44-25-5-3-4-22(16-25)17-31(40(65)54-32(18-23-20-49-28-7-2-1-6-27(23)28)41(66)52-29(38(48)63)12-14-35(57)58)51-34(56)21-50-39(64)30(13-15-36(59)60)53-42(67)33(19-37(61)62)55-70(68,69)26-10-8-24(9-11-26)43(45,46)47/h1-11,16,20,29-33,49,55H,12-15,17-19,21H2,(H2,48,63)(H,50,64)(H,51,56)(H,52,66)(H,53,67)(H,54,65)(H,57,58)(H,59,60)(H,61,62). The van der Waals surface area contributed by atoms with Crippen molar-refractivity contribution in [2.75, 3.05) is 6.54 Å². The van der Waals surface area contributed by atoms with E-state index < -0.39 is 161 Å². The highest BCUT2D eigenvalue weighted by atomic mass is 32.2. The fraction of sp³-hybridized carbons (Fsp3) is 0.326. The molecule has 12 N–H and O–H groups in total. The van der Waals surface area contributed by atoms with Crippen molar-refractivity contribution in [1.29, 1.82) is 0 Å². The lowest BCUT2D eigenvalue weighted by atomic mass is 10.0. The van der Waals surface area contributed by atoms with Crippen molar-refractivity contribution < 1.29 is 84.4 Å². The van der Waals surface area contributed by atoms with Crippen molar-refractivity contribution in [2.45, 2.75) is 86.2 Å². The summed E-state index contributed by atoms with van der Waals surface area (Å²) in [6.07, 6.45) is -7.82. The zero-order valence-electron chi connectivity index (χ0n) is 36.4. The number of amides is 6. The Morgan fingerprint density at radius 1 is 0.657 bits per heavy atom. The maximum atomic E-state index is 14.3. The highest BCUT2D eigenvalue weighted by Crippen LogP contribution is 2.30. The predicted molar refractivity (Wildman–Crippen MR) is 234 cm³/mol. The molecule has 0 aliphatic carbocycles. The van der Waals surface area contributed by atoms with Crippen molar-refractivity contribution >= 4 is 74.3 Å². The topological polar surface area (TPSA) is 362 Å². The first-order valence-electron chi connectivity index (χ1n) is 20.7. The number of hydrogen-bond donors (Lipinski definition) is 11. The summed E-state index contributed by atoms with van der Waals surface area (Å²) in [6, 6.07) is 4.72. The molecule has 0 spiro atoms. The number of halogens is 4. The van der Waals surface area contributed by atoms with Gasteiger partial charge in [0.1, 0.15) is 36.0 Å². The Balaban J connectivity index is 1.55. The number of para-hydroxylation sites is 1. The molecule has 0 saturated heterocycles. The number of nitrogens with one attached hydrogen (secondary N) is 7. The summed E-state index contributed by atoms with van der Waals surface area (Å²) in [6.45, 7) is -1.02. The van der Waals surface area contributed by atoms with Crippen molar-refractivity contribution in [1.82, 2.24) is 36.3 Å². The van der Waals surface area contributed by atoms with Crippen LogP contribution >= 0.6 is 0 Å². The van der Waals surface area contributed by atoms with E-state index in [9.17, 15) is 79.3 Å². The van der Waals surface area contributed by atoms with Gasteiger partial charge in [-0.3, -0.25) is 43.2 Å². The summed E-state index contributed by atoms with van der Waals surface area (Å²) < 4.78 is 81.3. The molecule has 0 saturated carbocycles. The molecule has 0 bridgehead atoms. The lowest BCUT2D eigenvalue weighted by Gasteiger charge is -2.25. The number of aromatic amines is 1. The normalized spacial score (nSPS) is 13.7. The second-order valence-electron chi connectivity index (χ2n) is 15.5. The Kier molecular flexibility index (Phi) is 19.0. The van der Waals surface area contributed by atoms with Gasteiger partial charge in [-0.1, -0.05) is 30.3 Å². The highest BCUT2D eigenvalue weighted by molar-refractivity contribution is 7.89. The van der Waals surface area contributed by atoms with Gasteiger partial charge in [0, 0.05) is 42.8 Å². The van der Waals surface area contributed by atoms with Gasteiger partial charge in [0.15, 0.2) is 0 Å². The highest BCUT2D eigenvalue weighted by Gasteiger charge is 2.35. The number of H-pyrrole nitrogens is 1. The number of carbonyl (C=O) groups is 9. The minimum absolute atomic E-state index is 0.144. The Hall–Kier alpha value is -7.94. The molecule has 1 aromatic heterocycles. The summed E-state index contributed by atoms with van der Waals surface area (Å²) in [4.78, 5) is 117. The Bertz CT molecular complexity index is 2720. The Morgan fingerprint density at radius 3 is 1.81 bits per heavy atom. The zero-order chi connectivity index (χ0) is 51.9.